The largest absolute Gasteiger partial charge is 0.573 e. The summed E-state index contributed by atoms with van der Waals surface area (Å²) in [6, 6.07) is 9.64. The minimum atomic E-state index is -4.75. The van der Waals surface area contributed by atoms with Gasteiger partial charge in [-0.25, -0.2) is 4.98 Å². The molecule has 0 radical (unpaired) electrons. The molecule has 37 heavy (non-hydrogen) atoms. The third-order valence-corrected chi connectivity index (χ3v) is 6.58. The number of nitrogens with one attached hydrogen (secondary N) is 1. The fraction of sp³-hybridized carbons (Fsp3) is 0.519. The zero-order valence-corrected chi connectivity index (χ0v) is 21.6. The molecule has 1 N–H and O–H groups in total. The van der Waals surface area contributed by atoms with Gasteiger partial charge in [-0.05, 0) is 73.9 Å². The van der Waals surface area contributed by atoms with Crippen molar-refractivity contribution in [2.45, 2.75) is 72.2 Å². The molecule has 1 fully saturated rings. The van der Waals surface area contributed by atoms with Crippen molar-refractivity contribution in [3.63, 3.8) is 0 Å². The summed E-state index contributed by atoms with van der Waals surface area (Å²) in [6.07, 6.45) is -0.996. The average Bonchev–Trinajstić information content (AvgIpc) is 3.14. The van der Waals surface area contributed by atoms with Gasteiger partial charge in [0, 0.05) is 23.8 Å². The van der Waals surface area contributed by atoms with Crippen molar-refractivity contribution in [2.24, 2.45) is 11.3 Å². The lowest BCUT2D eigenvalue weighted by molar-refractivity contribution is -0.274. The van der Waals surface area contributed by atoms with E-state index in [0.29, 0.717) is 36.2 Å². The first-order valence-corrected chi connectivity index (χ1v) is 12.6. The van der Waals surface area contributed by atoms with E-state index in [9.17, 15) is 18.0 Å². The molecule has 1 aliphatic rings. The Bertz CT molecular complexity index is 1240. The number of pyridine rings is 1. The van der Waals surface area contributed by atoms with E-state index in [1.165, 1.54) is 24.3 Å². The van der Waals surface area contributed by atoms with Gasteiger partial charge in [0.2, 0.25) is 5.95 Å². The summed E-state index contributed by atoms with van der Waals surface area (Å²) in [5, 5.41) is 3.28. The number of hydrogen-bond donors (Lipinski definition) is 1. The number of aromatic nitrogens is 3. The van der Waals surface area contributed by atoms with Gasteiger partial charge in [0.1, 0.15) is 5.75 Å². The van der Waals surface area contributed by atoms with E-state index < -0.39 is 6.36 Å². The van der Waals surface area contributed by atoms with Gasteiger partial charge >= 0.3 is 12.3 Å². The first-order chi connectivity index (χ1) is 17.4. The molecule has 0 saturated heterocycles. The maximum atomic E-state index is 12.5. The molecular weight excluding hydrogens is 485 g/mol. The van der Waals surface area contributed by atoms with E-state index in [0.717, 1.165) is 30.5 Å². The normalized spacial score (nSPS) is 19.5. The number of nitrogens with zero attached hydrogens (tertiary/aromatic N) is 3. The van der Waals surface area contributed by atoms with Crippen LogP contribution in [0, 0.1) is 11.3 Å². The molecule has 0 spiro atoms. The maximum Gasteiger partial charge on any atom is 0.573 e. The molecular formula is C27H33F3N4O3. The highest BCUT2D eigenvalue weighted by atomic mass is 19.4. The van der Waals surface area contributed by atoms with Crippen LogP contribution in [-0.2, 0) is 16.0 Å². The third-order valence-electron chi connectivity index (χ3n) is 6.58. The number of imidazole rings is 1. The van der Waals surface area contributed by atoms with Gasteiger partial charge in [-0.15, -0.1) is 13.2 Å². The van der Waals surface area contributed by atoms with Gasteiger partial charge < -0.3 is 19.4 Å². The Balaban J connectivity index is 1.66. The molecule has 7 nitrogen and oxygen atoms in total. The molecule has 3 aromatic rings. The van der Waals surface area contributed by atoms with Crippen LogP contribution >= 0.6 is 0 Å². The minimum absolute atomic E-state index is 0.153. The lowest BCUT2D eigenvalue weighted by Gasteiger charge is -2.40. The molecule has 0 bridgehead atoms. The van der Waals surface area contributed by atoms with Gasteiger partial charge in [-0.3, -0.25) is 4.79 Å². The van der Waals surface area contributed by atoms with Crippen molar-refractivity contribution in [3.05, 3.63) is 42.1 Å². The number of aryl methyl sites for hydroxylation is 1. The molecule has 2 atom stereocenters. The molecule has 0 amide bonds. The molecule has 0 aliphatic heterocycles. The number of hydrogen-bond acceptors (Lipinski definition) is 6. The number of benzene rings is 1. The number of fused-ring (bicyclic) bond motifs is 1. The Labute approximate surface area is 214 Å². The number of rotatable bonds is 8. The molecule has 2 heterocycles. The Morgan fingerprint density at radius 2 is 1.86 bits per heavy atom. The van der Waals surface area contributed by atoms with Gasteiger partial charge in [-0.2, -0.15) is 4.98 Å². The number of anilines is 2. The molecule has 1 saturated carbocycles. The highest BCUT2D eigenvalue weighted by Crippen LogP contribution is 2.46. The van der Waals surface area contributed by atoms with E-state index in [2.05, 4.69) is 35.4 Å². The molecule has 4 rings (SSSR count). The fourth-order valence-electron chi connectivity index (χ4n) is 5.44. The average molecular weight is 519 g/mol. The lowest BCUT2D eigenvalue weighted by Crippen LogP contribution is -2.29. The highest BCUT2D eigenvalue weighted by Gasteiger charge is 2.35. The summed E-state index contributed by atoms with van der Waals surface area (Å²) in [4.78, 5) is 21.3. The van der Waals surface area contributed by atoms with E-state index in [1.54, 1.807) is 6.92 Å². The second kappa shape index (κ2) is 10.6. The summed E-state index contributed by atoms with van der Waals surface area (Å²) in [7, 11) is 0. The Morgan fingerprint density at radius 3 is 2.51 bits per heavy atom. The monoisotopic (exact) mass is 518 g/mol. The Kier molecular flexibility index (Phi) is 7.66. The van der Waals surface area contributed by atoms with Crippen LogP contribution < -0.4 is 10.1 Å². The molecule has 10 heteroatoms. The number of alkyl halides is 3. The van der Waals surface area contributed by atoms with Crippen molar-refractivity contribution >= 4 is 28.8 Å². The Morgan fingerprint density at radius 1 is 1.14 bits per heavy atom. The molecule has 2 aromatic heterocycles. The number of ether oxygens (including phenoxy) is 2. The topological polar surface area (TPSA) is 78.3 Å². The highest BCUT2D eigenvalue weighted by molar-refractivity contribution is 5.77. The summed E-state index contributed by atoms with van der Waals surface area (Å²) < 4.78 is 48.8. The first-order valence-electron chi connectivity index (χ1n) is 12.6. The minimum Gasteiger partial charge on any atom is -0.466 e. The second-order valence-electron chi connectivity index (χ2n) is 10.5. The van der Waals surface area contributed by atoms with E-state index in [1.807, 2.05) is 12.1 Å². The van der Waals surface area contributed by atoms with Crippen molar-refractivity contribution in [1.82, 2.24) is 14.5 Å². The van der Waals surface area contributed by atoms with E-state index >= 15 is 0 Å². The van der Waals surface area contributed by atoms with Crippen LogP contribution in [0.5, 0.6) is 5.75 Å². The van der Waals surface area contributed by atoms with Gasteiger partial charge in [-0.1, -0.05) is 20.8 Å². The van der Waals surface area contributed by atoms with Crippen molar-refractivity contribution < 1.29 is 27.4 Å². The lowest BCUT2D eigenvalue weighted by atomic mass is 9.70. The van der Waals surface area contributed by atoms with Gasteiger partial charge in [0.05, 0.1) is 18.5 Å². The van der Waals surface area contributed by atoms with E-state index in [-0.39, 0.29) is 29.6 Å². The standard InChI is InChI=1S/C27H33F3N4O3/c1-5-36-23(35)13-9-18-8-12-22-24(31-18)33-25(34(22)20-14-17(2)15-26(3,4)16-20)32-19-6-10-21(11-7-19)37-27(28,29)30/h6-8,10-12,17,20H,5,9,13-16H2,1-4H3,(H,31,32,33)/t17-,20+/m1/s1. The van der Waals surface area contributed by atoms with Crippen LogP contribution in [0.3, 0.4) is 0 Å². The fourth-order valence-corrected chi connectivity index (χ4v) is 5.44. The van der Waals surface area contributed by atoms with Crippen LogP contribution in [-0.4, -0.2) is 33.5 Å². The SMILES string of the molecule is CCOC(=O)CCc1ccc2c(n1)nc(Nc1ccc(OC(F)(F)F)cc1)n2[C@H]1C[C@@H](C)CC(C)(C)C1. The first kappa shape index (κ1) is 26.8. The third kappa shape index (κ3) is 6.93. The molecule has 1 aliphatic carbocycles. The van der Waals surface area contributed by atoms with Gasteiger partial charge in [0.25, 0.3) is 0 Å². The van der Waals surface area contributed by atoms with Crippen molar-refractivity contribution in [3.8, 4) is 5.75 Å². The van der Waals surface area contributed by atoms with Crippen LogP contribution in [0.15, 0.2) is 36.4 Å². The number of esters is 1. The zero-order valence-electron chi connectivity index (χ0n) is 21.6. The summed E-state index contributed by atoms with van der Waals surface area (Å²) in [6.45, 7) is 8.91. The summed E-state index contributed by atoms with van der Waals surface area (Å²) >= 11 is 0. The molecule has 1 aromatic carbocycles. The molecule has 0 unspecified atom stereocenters. The maximum absolute atomic E-state index is 12.5. The van der Waals surface area contributed by atoms with Crippen LogP contribution in [0.1, 0.15) is 65.1 Å². The Hall–Kier alpha value is -3.30. The molecule has 200 valence electrons. The van der Waals surface area contributed by atoms with Crippen molar-refractivity contribution in [2.75, 3.05) is 11.9 Å². The smallest absolute Gasteiger partial charge is 0.466 e. The number of halogens is 3. The van der Waals surface area contributed by atoms with Crippen LogP contribution in [0.25, 0.3) is 11.2 Å². The van der Waals surface area contributed by atoms with Crippen LogP contribution in [0.4, 0.5) is 24.8 Å². The predicted octanol–water partition coefficient (Wildman–Crippen LogP) is 6.96. The second-order valence-corrected chi connectivity index (χ2v) is 10.5. The summed E-state index contributed by atoms with van der Waals surface area (Å²) in [5.41, 5.74) is 2.89. The quantitative estimate of drug-likeness (QED) is 0.325. The van der Waals surface area contributed by atoms with Crippen LogP contribution in [0.2, 0.25) is 0 Å². The number of carbonyl (C=O) groups is 1. The number of carbonyl (C=O) groups excluding carboxylic acids is 1. The zero-order chi connectivity index (χ0) is 26.8. The predicted molar refractivity (Wildman–Crippen MR) is 135 cm³/mol. The summed E-state index contributed by atoms with van der Waals surface area (Å²) in [5.74, 6) is 0.537. The van der Waals surface area contributed by atoms with Gasteiger partial charge in [0.15, 0.2) is 5.65 Å². The van der Waals surface area contributed by atoms with E-state index in [4.69, 9.17) is 14.7 Å². The van der Waals surface area contributed by atoms with Crippen molar-refractivity contribution in [1.29, 1.82) is 0 Å².